The molecule has 2 aromatic rings. The van der Waals surface area contributed by atoms with Gasteiger partial charge in [-0.05, 0) is 34.0 Å². The lowest BCUT2D eigenvalue weighted by atomic mass is 10.1. The second kappa shape index (κ2) is 3.81. The van der Waals surface area contributed by atoms with Crippen LogP contribution in [0, 0.1) is 0 Å². The fourth-order valence-electron chi connectivity index (χ4n) is 1.38. The first-order chi connectivity index (χ1) is 6.68. The van der Waals surface area contributed by atoms with Crippen LogP contribution in [0.4, 0.5) is 0 Å². The van der Waals surface area contributed by atoms with Crippen LogP contribution in [0.2, 0.25) is 0 Å². The van der Waals surface area contributed by atoms with E-state index in [2.05, 4.69) is 15.9 Å². The Labute approximate surface area is 92.4 Å². The van der Waals surface area contributed by atoms with Crippen molar-refractivity contribution in [3.8, 4) is 0 Å². The van der Waals surface area contributed by atoms with Crippen LogP contribution in [0.15, 0.2) is 45.8 Å². The molecule has 0 aliphatic carbocycles. The summed E-state index contributed by atoms with van der Waals surface area (Å²) < 4.78 is 22.7. The number of rotatable bonds is 1. The molecule has 2 aromatic carbocycles. The van der Waals surface area contributed by atoms with Gasteiger partial charge < -0.3 is 4.55 Å². The summed E-state index contributed by atoms with van der Waals surface area (Å²) in [6.45, 7) is 0. The van der Waals surface area contributed by atoms with Crippen LogP contribution < -0.4 is 0 Å². The SMILES string of the molecule is O=S([O-])c1cc(Br)cc2ccccc12. The van der Waals surface area contributed by atoms with Crippen molar-refractivity contribution in [3.05, 3.63) is 40.9 Å². The fourth-order valence-corrected chi connectivity index (χ4v) is 2.59. The molecule has 0 radical (unpaired) electrons. The molecule has 0 heterocycles. The van der Waals surface area contributed by atoms with Gasteiger partial charge in [-0.25, -0.2) is 0 Å². The van der Waals surface area contributed by atoms with Crippen LogP contribution in [-0.4, -0.2) is 8.76 Å². The Balaban J connectivity index is 2.87. The monoisotopic (exact) mass is 269 g/mol. The van der Waals surface area contributed by atoms with Crippen LogP contribution in [-0.2, 0) is 11.1 Å². The smallest absolute Gasteiger partial charge is 0.0338 e. The van der Waals surface area contributed by atoms with E-state index in [1.807, 2.05) is 24.3 Å². The van der Waals surface area contributed by atoms with Crippen molar-refractivity contribution in [1.29, 1.82) is 0 Å². The molecule has 0 fully saturated rings. The first kappa shape index (κ1) is 9.83. The van der Waals surface area contributed by atoms with Gasteiger partial charge >= 0.3 is 0 Å². The molecule has 0 saturated carbocycles. The quantitative estimate of drug-likeness (QED) is 0.747. The molecular weight excluding hydrogens is 264 g/mol. The summed E-state index contributed by atoms with van der Waals surface area (Å²) in [4.78, 5) is 0.329. The molecular formula is C10H6BrO2S-. The average molecular weight is 270 g/mol. The van der Waals surface area contributed by atoms with Crippen LogP contribution in [0.25, 0.3) is 10.8 Å². The number of benzene rings is 2. The first-order valence-electron chi connectivity index (χ1n) is 3.96. The zero-order chi connectivity index (χ0) is 10.1. The lowest BCUT2D eigenvalue weighted by molar-refractivity contribution is 0.538. The minimum absolute atomic E-state index is 0.329. The lowest BCUT2D eigenvalue weighted by Gasteiger charge is -2.09. The molecule has 72 valence electrons. The zero-order valence-electron chi connectivity index (χ0n) is 7.07. The number of hydrogen-bond acceptors (Lipinski definition) is 2. The van der Waals surface area contributed by atoms with E-state index >= 15 is 0 Å². The predicted molar refractivity (Wildman–Crippen MR) is 58.8 cm³/mol. The Morgan fingerprint density at radius 3 is 2.64 bits per heavy atom. The van der Waals surface area contributed by atoms with Gasteiger partial charge in [0, 0.05) is 9.37 Å². The summed E-state index contributed by atoms with van der Waals surface area (Å²) in [6.07, 6.45) is 0. The van der Waals surface area contributed by atoms with Gasteiger partial charge in [0.2, 0.25) is 0 Å². The van der Waals surface area contributed by atoms with E-state index in [9.17, 15) is 8.76 Å². The summed E-state index contributed by atoms with van der Waals surface area (Å²) in [5.41, 5.74) is 0. The summed E-state index contributed by atoms with van der Waals surface area (Å²) >= 11 is 1.08. The van der Waals surface area contributed by atoms with Gasteiger partial charge in [-0.3, -0.25) is 4.21 Å². The van der Waals surface area contributed by atoms with Gasteiger partial charge in [-0.15, -0.1) is 0 Å². The van der Waals surface area contributed by atoms with Gasteiger partial charge in [-0.1, -0.05) is 40.2 Å². The maximum atomic E-state index is 10.9. The maximum absolute atomic E-state index is 10.9. The molecule has 0 N–H and O–H groups in total. The van der Waals surface area contributed by atoms with Crippen molar-refractivity contribution in [2.45, 2.75) is 4.90 Å². The maximum Gasteiger partial charge on any atom is 0.0338 e. The van der Waals surface area contributed by atoms with Crippen molar-refractivity contribution in [2.24, 2.45) is 0 Å². The van der Waals surface area contributed by atoms with E-state index in [1.54, 1.807) is 12.1 Å². The molecule has 0 aliphatic heterocycles. The van der Waals surface area contributed by atoms with Crippen LogP contribution >= 0.6 is 15.9 Å². The Morgan fingerprint density at radius 2 is 1.93 bits per heavy atom. The first-order valence-corrected chi connectivity index (χ1v) is 5.83. The normalized spacial score (nSPS) is 13.0. The molecule has 2 nitrogen and oxygen atoms in total. The number of hydrogen-bond donors (Lipinski definition) is 0. The van der Waals surface area contributed by atoms with Crippen molar-refractivity contribution in [1.82, 2.24) is 0 Å². The van der Waals surface area contributed by atoms with Crippen LogP contribution in [0.3, 0.4) is 0 Å². The highest BCUT2D eigenvalue weighted by atomic mass is 79.9. The largest absolute Gasteiger partial charge is 0.768 e. The average Bonchev–Trinajstić information content (AvgIpc) is 2.16. The topological polar surface area (TPSA) is 40.1 Å². The highest BCUT2D eigenvalue weighted by Crippen LogP contribution is 2.25. The molecule has 1 atom stereocenters. The van der Waals surface area contributed by atoms with Gasteiger partial charge in [-0.2, -0.15) is 0 Å². The van der Waals surface area contributed by atoms with Crippen molar-refractivity contribution in [3.63, 3.8) is 0 Å². The number of fused-ring (bicyclic) bond motifs is 1. The molecule has 0 spiro atoms. The van der Waals surface area contributed by atoms with Crippen LogP contribution in [0.1, 0.15) is 0 Å². The molecule has 0 amide bonds. The van der Waals surface area contributed by atoms with E-state index in [0.717, 1.165) is 15.2 Å². The molecule has 1 unspecified atom stereocenters. The minimum atomic E-state index is -2.19. The second-order valence-corrected chi connectivity index (χ2v) is 4.68. The molecule has 14 heavy (non-hydrogen) atoms. The van der Waals surface area contributed by atoms with E-state index in [0.29, 0.717) is 4.90 Å². The Morgan fingerprint density at radius 1 is 1.21 bits per heavy atom. The van der Waals surface area contributed by atoms with Crippen molar-refractivity contribution >= 4 is 37.8 Å². The predicted octanol–water partition coefficient (Wildman–Crippen LogP) is 2.84. The second-order valence-electron chi connectivity index (χ2n) is 2.86. The summed E-state index contributed by atoms with van der Waals surface area (Å²) in [6, 6.07) is 10.9. The van der Waals surface area contributed by atoms with Crippen molar-refractivity contribution < 1.29 is 8.76 Å². The Bertz CT molecular complexity index is 510. The van der Waals surface area contributed by atoms with E-state index < -0.39 is 11.1 Å². The minimum Gasteiger partial charge on any atom is -0.768 e. The summed E-state index contributed by atoms with van der Waals surface area (Å²) in [5.74, 6) is 0. The van der Waals surface area contributed by atoms with Gasteiger partial charge in [0.15, 0.2) is 0 Å². The zero-order valence-corrected chi connectivity index (χ0v) is 9.47. The highest BCUT2D eigenvalue weighted by molar-refractivity contribution is 9.10. The van der Waals surface area contributed by atoms with Crippen molar-refractivity contribution in [2.75, 3.05) is 0 Å². The molecule has 0 aliphatic rings. The standard InChI is InChI=1S/C10H7BrO2S/c11-8-5-7-3-1-2-4-9(7)10(6-8)14(12)13/h1-6H,(H,12,13)/p-1. The third kappa shape index (κ3) is 1.73. The van der Waals surface area contributed by atoms with E-state index in [1.165, 1.54) is 0 Å². The van der Waals surface area contributed by atoms with E-state index in [4.69, 9.17) is 0 Å². The third-order valence-corrected chi connectivity index (χ3v) is 3.12. The van der Waals surface area contributed by atoms with Gasteiger partial charge in [0.05, 0.1) is 0 Å². The van der Waals surface area contributed by atoms with E-state index in [-0.39, 0.29) is 0 Å². The third-order valence-electron chi connectivity index (χ3n) is 1.97. The molecule has 2 rings (SSSR count). The lowest BCUT2D eigenvalue weighted by Crippen LogP contribution is -1.90. The summed E-state index contributed by atoms with van der Waals surface area (Å²) in [7, 11) is 0. The van der Waals surface area contributed by atoms with Crippen LogP contribution in [0.5, 0.6) is 0 Å². The summed E-state index contributed by atoms with van der Waals surface area (Å²) in [5, 5.41) is 1.67. The molecule has 0 aromatic heterocycles. The Kier molecular flexibility index (Phi) is 2.67. The van der Waals surface area contributed by atoms with Gasteiger partial charge in [0.25, 0.3) is 0 Å². The molecule has 0 bridgehead atoms. The Hall–Kier alpha value is -0.710. The fraction of sp³-hybridized carbons (Fsp3) is 0. The van der Waals surface area contributed by atoms with Gasteiger partial charge in [0.1, 0.15) is 0 Å². The number of halogens is 1. The molecule has 4 heteroatoms. The molecule has 0 saturated heterocycles. The highest BCUT2D eigenvalue weighted by Gasteiger charge is 2.02.